The zero-order chi connectivity index (χ0) is 20.6. The number of hydrogen-bond acceptors (Lipinski definition) is 7. The summed E-state index contributed by atoms with van der Waals surface area (Å²) in [4.78, 5) is 32.5. The number of methoxy groups -OCH3 is 2. The first-order valence-electron chi connectivity index (χ1n) is 7.70. The molecule has 0 bridgehead atoms. The van der Waals surface area contributed by atoms with E-state index in [-0.39, 0.29) is 28.3 Å². The van der Waals surface area contributed by atoms with E-state index in [0.29, 0.717) is 6.07 Å². The SMILES string of the molecule is COC(=O)c1c(N)c2ccc(C(F)(F)F)nc2n(-c2ccc(OC)nc2)c1=O. The number of nitrogens with zero attached hydrogens (tertiary/aromatic N) is 3. The minimum atomic E-state index is -4.75. The first kappa shape index (κ1) is 19.1. The summed E-state index contributed by atoms with van der Waals surface area (Å²) in [5.74, 6) is -0.812. The van der Waals surface area contributed by atoms with Crippen molar-refractivity contribution in [2.45, 2.75) is 6.18 Å². The van der Waals surface area contributed by atoms with Crippen molar-refractivity contribution in [3.05, 3.63) is 52.1 Å². The van der Waals surface area contributed by atoms with Crippen molar-refractivity contribution in [2.75, 3.05) is 20.0 Å². The lowest BCUT2D eigenvalue weighted by Crippen LogP contribution is -2.29. The van der Waals surface area contributed by atoms with Gasteiger partial charge in [-0.1, -0.05) is 0 Å². The Morgan fingerprint density at radius 3 is 2.43 bits per heavy atom. The highest BCUT2D eigenvalue weighted by Gasteiger charge is 2.33. The number of esters is 1. The first-order valence-corrected chi connectivity index (χ1v) is 7.70. The molecule has 0 fully saturated rings. The van der Waals surface area contributed by atoms with E-state index in [0.717, 1.165) is 17.7 Å². The Morgan fingerprint density at radius 2 is 1.89 bits per heavy atom. The van der Waals surface area contributed by atoms with Crippen LogP contribution in [0.25, 0.3) is 16.7 Å². The van der Waals surface area contributed by atoms with Crippen LogP contribution in [0.3, 0.4) is 0 Å². The number of nitrogen functional groups attached to an aromatic ring is 1. The maximum atomic E-state index is 13.1. The van der Waals surface area contributed by atoms with Crippen molar-refractivity contribution in [2.24, 2.45) is 0 Å². The molecule has 0 saturated heterocycles. The third kappa shape index (κ3) is 3.10. The molecule has 0 unspecified atom stereocenters. The van der Waals surface area contributed by atoms with Crippen molar-refractivity contribution < 1.29 is 27.4 Å². The quantitative estimate of drug-likeness (QED) is 0.678. The summed E-state index contributed by atoms with van der Waals surface area (Å²) in [5.41, 5.74) is 2.50. The molecule has 3 aromatic heterocycles. The van der Waals surface area contributed by atoms with Crippen LogP contribution in [0.1, 0.15) is 16.1 Å². The predicted octanol–water partition coefficient (Wildman–Crippen LogP) is 2.18. The fraction of sp³-hybridized carbons (Fsp3) is 0.176. The van der Waals surface area contributed by atoms with E-state index in [4.69, 9.17) is 10.5 Å². The number of anilines is 1. The van der Waals surface area contributed by atoms with Crippen LogP contribution in [0.4, 0.5) is 18.9 Å². The number of hydrogen-bond donors (Lipinski definition) is 1. The number of carbonyl (C=O) groups is 1. The zero-order valence-electron chi connectivity index (χ0n) is 14.6. The van der Waals surface area contributed by atoms with Crippen molar-refractivity contribution in [3.63, 3.8) is 0 Å². The molecule has 0 aliphatic carbocycles. The van der Waals surface area contributed by atoms with Crippen LogP contribution in [0.2, 0.25) is 0 Å². The molecule has 3 rings (SSSR count). The van der Waals surface area contributed by atoms with Gasteiger partial charge in [0.15, 0.2) is 0 Å². The number of fused-ring (bicyclic) bond motifs is 1. The topological polar surface area (TPSA) is 109 Å². The summed E-state index contributed by atoms with van der Waals surface area (Å²) in [5, 5.41) is -0.0242. The van der Waals surface area contributed by atoms with Crippen LogP contribution in [0.5, 0.6) is 5.88 Å². The molecular formula is C17H13F3N4O4. The molecule has 0 aliphatic rings. The van der Waals surface area contributed by atoms with E-state index in [1.807, 2.05) is 0 Å². The van der Waals surface area contributed by atoms with Gasteiger partial charge >= 0.3 is 12.1 Å². The molecule has 146 valence electrons. The van der Waals surface area contributed by atoms with Gasteiger partial charge < -0.3 is 15.2 Å². The number of nitrogens with two attached hydrogens (primary N) is 1. The van der Waals surface area contributed by atoms with Crippen molar-refractivity contribution >= 4 is 22.7 Å². The summed E-state index contributed by atoms with van der Waals surface area (Å²) >= 11 is 0. The van der Waals surface area contributed by atoms with E-state index < -0.39 is 29.0 Å². The summed E-state index contributed by atoms with van der Waals surface area (Å²) in [6.45, 7) is 0. The monoisotopic (exact) mass is 394 g/mol. The summed E-state index contributed by atoms with van der Waals surface area (Å²) in [7, 11) is 2.43. The highest BCUT2D eigenvalue weighted by Crippen LogP contribution is 2.31. The number of pyridine rings is 3. The van der Waals surface area contributed by atoms with Crippen LogP contribution in [0.15, 0.2) is 35.3 Å². The molecule has 0 aromatic carbocycles. The van der Waals surface area contributed by atoms with E-state index in [9.17, 15) is 22.8 Å². The molecule has 11 heteroatoms. The maximum absolute atomic E-state index is 13.1. The second-order valence-corrected chi connectivity index (χ2v) is 5.54. The number of aromatic nitrogens is 3. The molecule has 8 nitrogen and oxygen atoms in total. The molecule has 0 amide bonds. The Kier molecular flexibility index (Phi) is 4.67. The van der Waals surface area contributed by atoms with Crippen LogP contribution in [-0.4, -0.2) is 34.7 Å². The fourth-order valence-electron chi connectivity index (χ4n) is 2.61. The Labute approximate surface area is 155 Å². The molecular weight excluding hydrogens is 381 g/mol. The van der Waals surface area contributed by atoms with Gasteiger partial charge in [-0.25, -0.2) is 14.8 Å². The number of rotatable bonds is 3. The maximum Gasteiger partial charge on any atom is 0.433 e. The summed E-state index contributed by atoms with van der Waals surface area (Å²) in [6, 6.07) is 4.53. The van der Waals surface area contributed by atoms with Crippen LogP contribution in [-0.2, 0) is 10.9 Å². The Hall–Kier alpha value is -3.63. The first-order chi connectivity index (χ1) is 13.2. The van der Waals surface area contributed by atoms with Gasteiger partial charge in [-0.2, -0.15) is 13.2 Å². The van der Waals surface area contributed by atoms with Gasteiger partial charge in [-0.3, -0.25) is 9.36 Å². The van der Waals surface area contributed by atoms with Crippen molar-refractivity contribution in [3.8, 4) is 11.6 Å². The van der Waals surface area contributed by atoms with E-state index in [1.165, 1.54) is 25.4 Å². The second-order valence-electron chi connectivity index (χ2n) is 5.54. The van der Waals surface area contributed by atoms with Crippen LogP contribution in [0, 0.1) is 0 Å². The number of halogens is 3. The highest BCUT2D eigenvalue weighted by atomic mass is 19.4. The summed E-state index contributed by atoms with van der Waals surface area (Å²) < 4.78 is 49.7. The van der Waals surface area contributed by atoms with Crippen LogP contribution < -0.4 is 16.0 Å². The molecule has 0 atom stereocenters. The zero-order valence-corrected chi connectivity index (χ0v) is 14.6. The largest absolute Gasteiger partial charge is 0.481 e. The van der Waals surface area contributed by atoms with Gasteiger partial charge in [0, 0.05) is 11.5 Å². The second kappa shape index (κ2) is 6.83. The van der Waals surface area contributed by atoms with Crippen molar-refractivity contribution in [1.29, 1.82) is 0 Å². The minimum Gasteiger partial charge on any atom is -0.481 e. The highest BCUT2D eigenvalue weighted by molar-refractivity contribution is 6.03. The summed E-state index contributed by atoms with van der Waals surface area (Å²) in [6.07, 6.45) is -3.55. The molecule has 0 radical (unpaired) electrons. The van der Waals surface area contributed by atoms with Gasteiger partial charge in [0.1, 0.15) is 16.9 Å². The van der Waals surface area contributed by atoms with E-state index in [1.54, 1.807) is 0 Å². The average Bonchev–Trinajstić information content (AvgIpc) is 2.67. The minimum absolute atomic E-state index is 0.0242. The van der Waals surface area contributed by atoms with Crippen molar-refractivity contribution in [1.82, 2.24) is 14.5 Å². The Bertz CT molecular complexity index is 1120. The fourth-order valence-corrected chi connectivity index (χ4v) is 2.61. The van der Waals surface area contributed by atoms with Crippen LogP contribution >= 0.6 is 0 Å². The molecule has 3 aromatic rings. The number of alkyl halides is 3. The van der Waals surface area contributed by atoms with Gasteiger partial charge in [0.25, 0.3) is 5.56 Å². The Balaban J connectivity index is 2.46. The molecule has 0 spiro atoms. The van der Waals surface area contributed by atoms with Gasteiger partial charge in [-0.05, 0) is 18.2 Å². The lowest BCUT2D eigenvalue weighted by atomic mass is 10.1. The van der Waals surface area contributed by atoms with Gasteiger partial charge in [0.05, 0.1) is 31.8 Å². The van der Waals surface area contributed by atoms with E-state index >= 15 is 0 Å². The normalized spacial score (nSPS) is 11.5. The average molecular weight is 394 g/mol. The lowest BCUT2D eigenvalue weighted by molar-refractivity contribution is -0.141. The Morgan fingerprint density at radius 1 is 1.18 bits per heavy atom. The number of ether oxygens (including phenoxy) is 2. The third-order valence-electron chi connectivity index (χ3n) is 3.93. The molecule has 0 aliphatic heterocycles. The number of carbonyl (C=O) groups excluding carboxylic acids is 1. The predicted molar refractivity (Wildman–Crippen MR) is 92.4 cm³/mol. The standard InChI is InChI=1S/C17H13F3N4O4/c1-27-11-6-3-8(7-22-11)24-14-9(4-5-10(23-14)17(18,19)20)13(21)12(15(24)25)16(26)28-2/h3-7H,21H2,1-2H3. The molecule has 3 heterocycles. The van der Waals surface area contributed by atoms with E-state index in [2.05, 4.69) is 14.7 Å². The lowest BCUT2D eigenvalue weighted by Gasteiger charge is -2.15. The van der Waals surface area contributed by atoms with Gasteiger partial charge in [0.2, 0.25) is 5.88 Å². The smallest absolute Gasteiger partial charge is 0.433 e. The molecule has 0 saturated carbocycles. The molecule has 28 heavy (non-hydrogen) atoms. The third-order valence-corrected chi connectivity index (χ3v) is 3.93. The molecule has 2 N–H and O–H groups in total. The van der Waals surface area contributed by atoms with Gasteiger partial charge in [-0.15, -0.1) is 0 Å².